The molecule has 28 heavy (non-hydrogen) atoms. The molecule has 5 nitrogen and oxygen atoms in total. The smallest absolute Gasteiger partial charge is 0.353 e. The van der Waals surface area contributed by atoms with Crippen molar-refractivity contribution < 1.29 is 17.6 Å². The van der Waals surface area contributed by atoms with Crippen molar-refractivity contribution >= 4 is 16.7 Å². The first-order valence-electron chi connectivity index (χ1n) is 8.80. The minimum absolute atomic E-state index is 0.342. The first-order valence-corrected chi connectivity index (χ1v) is 8.80. The Labute approximate surface area is 158 Å². The van der Waals surface area contributed by atoms with E-state index in [0.29, 0.717) is 30.8 Å². The molecule has 1 aliphatic heterocycles. The van der Waals surface area contributed by atoms with Crippen LogP contribution < -0.4 is 4.90 Å². The highest BCUT2D eigenvalue weighted by atomic mass is 19.4. The monoisotopic (exact) mass is 391 g/mol. The fourth-order valence-corrected chi connectivity index (χ4v) is 3.30. The Morgan fingerprint density at radius 1 is 0.929 bits per heavy atom. The third-order valence-electron chi connectivity index (χ3n) is 4.79. The van der Waals surface area contributed by atoms with Gasteiger partial charge < -0.3 is 4.90 Å². The third-order valence-corrected chi connectivity index (χ3v) is 4.79. The van der Waals surface area contributed by atoms with Crippen LogP contribution >= 0.6 is 0 Å². The van der Waals surface area contributed by atoms with Crippen molar-refractivity contribution in [2.75, 3.05) is 31.1 Å². The van der Waals surface area contributed by atoms with E-state index >= 15 is 0 Å². The number of alkyl halides is 3. The van der Waals surface area contributed by atoms with Crippen molar-refractivity contribution in [1.29, 1.82) is 0 Å². The number of benzene rings is 1. The van der Waals surface area contributed by atoms with Gasteiger partial charge >= 0.3 is 6.18 Å². The summed E-state index contributed by atoms with van der Waals surface area (Å²) in [4.78, 5) is 16.7. The van der Waals surface area contributed by atoms with Crippen LogP contribution in [-0.4, -0.2) is 46.0 Å². The lowest BCUT2D eigenvalue weighted by molar-refractivity contribution is -0.137. The summed E-state index contributed by atoms with van der Waals surface area (Å²) >= 11 is 0. The lowest BCUT2D eigenvalue weighted by atomic mass is 10.2. The minimum Gasteiger partial charge on any atom is -0.353 e. The van der Waals surface area contributed by atoms with Gasteiger partial charge in [0.25, 0.3) is 0 Å². The van der Waals surface area contributed by atoms with Crippen LogP contribution in [0.1, 0.15) is 11.3 Å². The molecule has 0 bridgehead atoms. The Hall–Kier alpha value is -2.81. The van der Waals surface area contributed by atoms with Gasteiger partial charge in [0.15, 0.2) is 0 Å². The van der Waals surface area contributed by atoms with E-state index in [9.17, 15) is 17.6 Å². The molecule has 0 unspecified atom stereocenters. The number of piperazine rings is 1. The van der Waals surface area contributed by atoms with Crippen LogP contribution in [0.4, 0.5) is 23.4 Å². The Bertz CT molecular complexity index is 966. The Morgan fingerprint density at radius 2 is 1.71 bits per heavy atom. The first kappa shape index (κ1) is 18.5. The van der Waals surface area contributed by atoms with Crippen molar-refractivity contribution in [3.05, 3.63) is 59.9 Å². The van der Waals surface area contributed by atoms with Crippen molar-refractivity contribution in [1.82, 2.24) is 19.9 Å². The van der Waals surface area contributed by atoms with Crippen molar-refractivity contribution in [3.8, 4) is 0 Å². The highest BCUT2D eigenvalue weighted by Gasteiger charge is 2.30. The summed E-state index contributed by atoms with van der Waals surface area (Å²) in [6.07, 6.45) is -2.08. The van der Waals surface area contributed by atoms with Crippen molar-refractivity contribution in [2.45, 2.75) is 12.7 Å². The summed E-state index contributed by atoms with van der Waals surface area (Å²) in [5, 5.41) is 0.793. The van der Waals surface area contributed by atoms with Crippen LogP contribution in [0.2, 0.25) is 0 Å². The van der Waals surface area contributed by atoms with Gasteiger partial charge in [-0.25, -0.2) is 14.4 Å². The summed E-state index contributed by atoms with van der Waals surface area (Å²) in [6.45, 7) is 3.32. The Morgan fingerprint density at radius 3 is 2.39 bits per heavy atom. The van der Waals surface area contributed by atoms with Gasteiger partial charge in [0.05, 0.1) is 16.8 Å². The van der Waals surface area contributed by atoms with Gasteiger partial charge in [-0.1, -0.05) is 0 Å². The molecule has 3 aromatic rings. The minimum atomic E-state index is -4.37. The van der Waals surface area contributed by atoms with E-state index in [1.165, 1.54) is 24.5 Å². The van der Waals surface area contributed by atoms with E-state index in [1.54, 1.807) is 6.07 Å². The third kappa shape index (κ3) is 3.89. The topological polar surface area (TPSA) is 45.2 Å². The second-order valence-electron chi connectivity index (χ2n) is 6.66. The summed E-state index contributed by atoms with van der Waals surface area (Å²) in [7, 11) is 0. The van der Waals surface area contributed by atoms with E-state index in [0.717, 1.165) is 36.6 Å². The number of rotatable bonds is 3. The Balaban J connectivity index is 1.41. The van der Waals surface area contributed by atoms with Crippen LogP contribution in [0.25, 0.3) is 10.9 Å². The molecule has 4 rings (SSSR count). The van der Waals surface area contributed by atoms with Crippen LogP contribution in [0.3, 0.4) is 0 Å². The molecule has 0 amide bonds. The molecule has 146 valence electrons. The van der Waals surface area contributed by atoms with Gasteiger partial charge in [0, 0.05) is 50.4 Å². The van der Waals surface area contributed by atoms with Gasteiger partial charge in [-0.3, -0.25) is 9.88 Å². The molecule has 0 saturated carbocycles. The zero-order chi connectivity index (χ0) is 19.7. The standard InChI is InChI=1S/C19H17F4N5/c20-14-2-4-16-17(9-14)25-12-26-18(16)28-7-5-27(6-8-28)11-15-3-1-13(10-24-15)19(21,22)23/h1-4,9-10,12H,5-8,11H2. The lowest BCUT2D eigenvalue weighted by Crippen LogP contribution is -2.46. The maximum absolute atomic E-state index is 13.4. The molecule has 0 aliphatic carbocycles. The van der Waals surface area contributed by atoms with Crippen LogP contribution in [-0.2, 0) is 12.7 Å². The van der Waals surface area contributed by atoms with E-state index in [1.807, 2.05) is 0 Å². The number of hydrogen-bond donors (Lipinski definition) is 0. The van der Waals surface area contributed by atoms with E-state index in [2.05, 4.69) is 24.8 Å². The predicted octanol–water partition coefficient (Wildman–Crippen LogP) is 3.50. The van der Waals surface area contributed by atoms with Gasteiger partial charge in [-0.2, -0.15) is 13.2 Å². The molecule has 0 radical (unpaired) electrons. The van der Waals surface area contributed by atoms with E-state index < -0.39 is 11.7 Å². The van der Waals surface area contributed by atoms with Crippen LogP contribution in [0.15, 0.2) is 42.9 Å². The zero-order valence-electron chi connectivity index (χ0n) is 14.8. The Kier molecular flexibility index (Phi) is 4.84. The van der Waals surface area contributed by atoms with Crippen LogP contribution in [0, 0.1) is 5.82 Å². The summed E-state index contributed by atoms with van der Waals surface area (Å²) in [6, 6.07) is 6.93. The molecule has 9 heteroatoms. The molecule has 3 heterocycles. The molecule has 0 N–H and O–H groups in total. The molecule has 1 aromatic carbocycles. The van der Waals surface area contributed by atoms with Crippen molar-refractivity contribution in [2.24, 2.45) is 0 Å². The average Bonchev–Trinajstić information content (AvgIpc) is 2.68. The quantitative estimate of drug-likeness (QED) is 0.640. The molecule has 1 fully saturated rings. The number of hydrogen-bond acceptors (Lipinski definition) is 5. The summed E-state index contributed by atoms with van der Waals surface area (Å²) in [5.74, 6) is 0.420. The number of fused-ring (bicyclic) bond motifs is 1. The average molecular weight is 391 g/mol. The maximum atomic E-state index is 13.4. The van der Waals surface area contributed by atoms with Gasteiger partial charge in [0.2, 0.25) is 0 Å². The predicted molar refractivity (Wildman–Crippen MR) is 96.2 cm³/mol. The van der Waals surface area contributed by atoms with E-state index in [-0.39, 0.29) is 5.82 Å². The molecule has 1 saturated heterocycles. The summed E-state index contributed by atoms with van der Waals surface area (Å²) < 4.78 is 51.3. The molecule has 0 spiro atoms. The zero-order valence-corrected chi connectivity index (χ0v) is 14.8. The largest absolute Gasteiger partial charge is 0.417 e. The number of pyridine rings is 1. The number of halogens is 4. The molecule has 1 aliphatic rings. The SMILES string of the molecule is Fc1ccc2c(N3CCN(Cc4ccc(C(F)(F)F)cn4)CC3)ncnc2c1. The second-order valence-corrected chi connectivity index (χ2v) is 6.66. The number of nitrogens with zero attached hydrogens (tertiary/aromatic N) is 5. The van der Waals surface area contributed by atoms with Gasteiger partial charge in [0.1, 0.15) is 18.0 Å². The molecular formula is C19H17F4N5. The molecule has 2 aromatic heterocycles. The second kappa shape index (κ2) is 7.31. The summed E-state index contributed by atoms with van der Waals surface area (Å²) in [5.41, 5.74) is 0.416. The lowest BCUT2D eigenvalue weighted by Gasteiger charge is -2.35. The fourth-order valence-electron chi connectivity index (χ4n) is 3.30. The van der Waals surface area contributed by atoms with Gasteiger partial charge in [-0.15, -0.1) is 0 Å². The molecule has 0 atom stereocenters. The normalized spacial score (nSPS) is 15.9. The number of aromatic nitrogens is 3. The van der Waals surface area contributed by atoms with Crippen LogP contribution in [0.5, 0.6) is 0 Å². The van der Waals surface area contributed by atoms with Gasteiger partial charge in [-0.05, 0) is 24.3 Å². The number of anilines is 1. The molecular weight excluding hydrogens is 374 g/mol. The van der Waals surface area contributed by atoms with E-state index in [4.69, 9.17) is 0 Å². The fraction of sp³-hybridized carbons (Fsp3) is 0.316. The first-order chi connectivity index (χ1) is 13.4. The maximum Gasteiger partial charge on any atom is 0.417 e. The highest BCUT2D eigenvalue weighted by Crippen LogP contribution is 2.28. The highest BCUT2D eigenvalue weighted by molar-refractivity contribution is 5.89. The van der Waals surface area contributed by atoms with Crippen molar-refractivity contribution in [3.63, 3.8) is 0 Å².